The quantitative estimate of drug-likeness (QED) is 0.0504. The third-order valence-electron chi connectivity index (χ3n) is 7.84. The van der Waals surface area contributed by atoms with Gasteiger partial charge in [-0.2, -0.15) is 0 Å². The Morgan fingerprint density at radius 3 is 2.13 bits per heavy atom. The largest absolute Gasteiger partial charge is 0.462 e. The fourth-order valence-corrected chi connectivity index (χ4v) is 7.28. The number of amides is 4. The van der Waals surface area contributed by atoms with Crippen molar-refractivity contribution in [3.8, 4) is 0 Å². The topological polar surface area (TPSA) is 143 Å². The fraction of sp³-hybridized carbons (Fsp3) is 0.146. The Morgan fingerprint density at radius 1 is 0.796 bits per heavy atom. The molecule has 10 nitrogen and oxygen atoms in total. The van der Waals surface area contributed by atoms with Crippen LogP contribution < -0.4 is 21.3 Å². The Balaban J connectivity index is 1.33. The number of nitrogens with one attached hydrogen (secondary N) is 4. The highest BCUT2D eigenvalue weighted by Gasteiger charge is 2.29. The van der Waals surface area contributed by atoms with E-state index in [4.69, 9.17) is 4.74 Å². The van der Waals surface area contributed by atoms with Gasteiger partial charge in [-0.1, -0.05) is 61.5 Å². The predicted octanol–water partition coefficient (Wildman–Crippen LogP) is 8.54. The summed E-state index contributed by atoms with van der Waals surface area (Å²) < 4.78 is 18.8. The van der Waals surface area contributed by atoms with Gasteiger partial charge in [0.2, 0.25) is 5.91 Å². The van der Waals surface area contributed by atoms with Gasteiger partial charge < -0.3 is 26.0 Å². The van der Waals surface area contributed by atoms with E-state index in [0.29, 0.717) is 39.4 Å². The van der Waals surface area contributed by atoms with Gasteiger partial charge in [-0.05, 0) is 92.1 Å². The van der Waals surface area contributed by atoms with Crippen molar-refractivity contribution in [3.63, 3.8) is 0 Å². The molecule has 54 heavy (non-hydrogen) atoms. The number of hydrogen-bond donors (Lipinski definition) is 4. The van der Waals surface area contributed by atoms with Gasteiger partial charge in [0, 0.05) is 21.8 Å². The summed E-state index contributed by atoms with van der Waals surface area (Å²) in [7, 11) is 0. The van der Waals surface area contributed by atoms with Crippen LogP contribution in [0.5, 0.6) is 0 Å². The number of halogens is 1. The van der Waals surface area contributed by atoms with Crippen LogP contribution in [0.2, 0.25) is 0 Å². The number of rotatable bonds is 14. The SMILES string of the molecule is CCOC(=O)c1c(NC(=O)C(CC)Sc2cccc(NC(=O)/C(=C/c3ccc(F)cc3)NC(=O)c3ccccc3)c2)sc(C(=O)Nc2ccccc2)c1C. The molecule has 0 aliphatic carbocycles. The molecule has 1 atom stereocenters. The van der Waals surface area contributed by atoms with E-state index in [2.05, 4.69) is 21.3 Å². The van der Waals surface area contributed by atoms with E-state index in [9.17, 15) is 28.4 Å². The van der Waals surface area contributed by atoms with Crippen molar-refractivity contribution < 1.29 is 33.1 Å². The van der Waals surface area contributed by atoms with Crippen LogP contribution in [0.15, 0.2) is 120 Å². The summed E-state index contributed by atoms with van der Waals surface area (Å²) in [4.78, 5) is 67.4. The van der Waals surface area contributed by atoms with Crippen molar-refractivity contribution in [2.45, 2.75) is 37.3 Å². The summed E-state index contributed by atoms with van der Waals surface area (Å²) in [5.74, 6) is -3.05. The summed E-state index contributed by atoms with van der Waals surface area (Å²) in [6.07, 6.45) is 1.85. The van der Waals surface area contributed by atoms with E-state index >= 15 is 0 Å². The van der Waals surface area contributed by atoms with Crippen molar-refractivity contribution in [1.82, 2.24) is 5.32 Å². The highest BCUT2D eigenvalue weighted by Crippen LogP contribution is 2.36. The van der Waals surface area contributed by atoms with E-state index in [1.54, 1.807) is 92.7 Å². The molecule has 5 rings (SSSR count). The molecule has 5 aromatic rings. The number of benzene rings is 4. The van der Waals surface area contributed by atoms with Crippen molar-refractivity contribution in [3.05, 3.63) is 148 Å². The number of esters is 1. The lowest BCUT2D eigenvalue weighted by atomic mass is 10.1. The Labute approximate surface area is 320 Å². The molecular weight excluding hydrogens is 728 g/mol. The zero-order chi connectivity index (χ0) is 38.6. The average molecular weight is 765 g/mol. The molecule has 0 saturated heterocycles. The first-order chi connectivity index (χ1) is 26.1. The summed E-state index contributed by atoms with van der Waals surface area (Å²) >= 11 is 2.24. The lowest BCUT2D eigenvalue weighted by molar-refractivity contribution is -0.116. The second kappa shape index (κ2) is 18.6. The lowest BCUT2D eigenvalue weighted by Gasteiger charge is -2.16. The van der Waals surface area contributed by atoms with Gasteiger partial charge in [0.1, 0.15) is 16.5 Å². The van der Waals surface area contributed by atoms with Gasteiger partial charge in [0.05, 0.1) is 22.3 Å². The first-order valence-electron chi connectivity index (χ1n) is 17.0. The van der Waals surface area contributed by atoms with E-state index in [0.717, 1.165) is 11.3 Å². The van der Waals surface area contributed by atoms with E-state index in [-0.39, 0.29) is 27.7 Å². The van der Waals surface area contributed by atoms with Crippen LogP contribution >= 0.6 is 23.1 Å². The van der Waals surface area contributed by atoms with Crippen LogP contribution in [0.4, 0.5) is 20.8 Å². The standard InChI is InChI=1S/C41H37FN4O6S2/c1-4-33(38(49)46-40-34(41(51)52-5-2)25(3)35(54-40)39(50)43-29-15-10-7-11-16-29)53-31-18-12-17-30(24-31)44-37(48)32(23-26-19-21-28(42)22-20-26)45-36(47)27-13-8-6-9-14-27/h6-24,33H,4-5H2,1-3H3,(H,43,50)(H,44,48)(H,45,47)(H,46,49)/b32-23-. The summed E-state index contributed by atoms with van der Waals surface area (Å²) in [5, 5.41) is 10.7. The molecule has 0 aliphatic heterocycles. The summed E-state index contributed by atoms with van der Waals surface area (Å²) in [5.41, 5.74) is 2.24. The van der Waals surface area contributed by atoms with E-state index in [1.165, 1.54) is 42.1 Å². The van der Waals surface area contributed by atoms with Gasteiger partial charge in [0.25, 0.3) is 17.7 Å². The molecule has 1 aromatic heterocycles. The normalized spacial score (nSPS) is 11.6. The molecule has 4 amide bonds. The molecule has 4 aromatic carbocycles. The molecule has 276 valence electrons. The smallest absolute Gasteiger partial charge is 0.341 e. The highest BCUT2D eigenvalue weighted by atomic mass is 32.2. The monoisotopic (exact) mass is 764 g/mol. The van der Waals surface area contributed by atoms with Gasteiger partial charge >= 0.3 is 5.97 Å². The molecule has 1 heterocycles. The van der Waals surface area contributed by atoms with Crippen LogP contribution in [0.1, 0.15) is 61.8 Å². The van der Waals surface area contributed by atoms with Crippen molar-refractivity contribution in [2.75, 3.05) is 22.6 Å². The third kappa shape index (κ3) is 10.3. The van der Waals surface area contributed by atoms with Crippen molar-refractivity contribution in [1.29, 1.82) is 0 Å². The number of hydrogen-bond acceptors (Lipinski definition) is 8. The molecule has 0 spiro atoms. The van der Waals surface area contributed by atoms with Gasteiger partial charge in [0.15, 0.2) is 0 Å². The molecule has 13 heteroatoms. The van der Waals surface area contributed by atoms with E-state index < -0.39 is 40.7 Å². The first-order valence-corrected chi connectivity index (χ1v) is 18.6. The zero-order valence-corrected chi connectivity index (χ0v) is 31.2. The average Bonchev–Trinajstić information content (AvgIpc) is 3.50. The maximum absolute atomic E-state index is 13.7. The number of ether oxygens (including phenoxy) is 1. The number of thioether (sulfide) groups is 1. The number of para-hydroxylation sites is 1. The van der Waals surface area contributed by atoms with Crippen LogP contribution in [0.25, 0.3) is 6.08 Å². The van der Waals surface area contributed by atoms with Gasteiger partial charge in [-0.15, -0.1) is 23.1 Å². The maximum Gasteiger partial charge on any atom is 0.341 e. The minimum Gasteiger partial charge on any atom is -0.462 e. The number of carbonyl (C=O) groups excluding carboxylic acids is 5. The van der Waals surface area contributed by atoms with Gasteiger partial charge in [-0.25, -0.2) is 9.18 Å². The Kier molecular flexibility index (Phi) is 13.5. The Hall–Kier alpha value is -6.05. The van der Waals surface area contributed by atoms with Crippen molar-refractivity contribution >= 4 is 75.1 Å². The summed E-state index contributed by atoms with van der Waals surface area (Å²) in [6.45, 7) is 5.26. The minimum atomic E-state index is -0.655. The van der Waals surface area contributed by atoms with E-state index in [1.807, 2.05) is 13.0 Å². The molecule has 0 fully saturated rings. The zero-order valence-electron chi connectivity index (χ0n) is 29.6. The number of anilines is 3. The second-order valence-corrected chi connectivity index (χ2v) is 14.0. The van der Waals surface area contributed by atoms with Crippen molar-refractivity contribution in [2.24, 2.45) is 0 Å². The molecule has 0 saturated carbocycles. The minimum absolute atomic E-state index is 0.0696. The van der Waals surface area contributed by atoms with Crippen LogP contribution in [0, 0.1) is 12.7 Å². The Morgan fingerprint density at radius 2 is 1.46 bits per heavy atom. The fourth-order valence-electron chi connectivity index (χ4n) is 5.17. The predicted molar refractivity (Wildman–Crippen MR) is 211 cm³/mol. The second-order valence-electron chi connectivity index (χ2n) is 11.7. The molecule has 0 bridgehead atoms. The van der Waals surface area contributed by atoms with Crippen LogP contribution in [-0.2, 0) is 14.3 Å². The van der Waals surface area contributed by atoms with Gasteiger partial charge in [-0.3, -0.25) is 19.2 Å². The molecular formula is C41H37FN4O6S2. The number of carbonyl (C=O) groups is 5. The highest BCUT2D eigenvalue weighted by molar-refractivity contribution is 8.00. The van der Waals surface area contributed by atoms with Crippen LogP contribution in [0.3, 0.4) is 0 Å². The summed E-state index contributed by atoms with van der Waals surface area (Å²) in [6, 6.07) is 29.6. The number of thiophene rings is 1. The lowest BCUT2D eigenvalue weighted by Crippen LogP contribution is -2.30. The first kappa shape index (κ1) is 39.2. The third-order valence-corrected chi connectivity index (χ3v) is 10.4. The Bertz CT molecular complexity index is 2170. The molecule has 1 unspecified atom stereocenters. The molecule has 0 aliphatic rings. The molecule has 4 N–H and O–H groups in total. The molecule has 0 radical (unpaired) electrons. The van der Waals surface area contributed by atoms with Crippen LogP contribution in [-0.4, -0.2) is 41.5 Å². The maximum atomic E-state index is 13.7.